The average Bonchev–Trinajstić information content (AvgIpc) is 3.12. The van der Waals surface area contributed by atoms with Crippen LogP contribution in [0.25, 0.3) is 0 Å². The molecule has 0 unspecified atom stereocenters. The molecule has 0 aliphatic carbocycles. The number of hydrogen-bond acceptors (Lipinski definition) is 4. The van der Waals surface area contributed by atoms with E-state index < -0.39 is 0 Å². The molecule has 0 saturated heterocycles. The van der Waals surface area contributed by atoms with E-state index >= 15 is 0 Å². The molecule has 1 amide bonds. The number of carbonyl (C=O) groups is 1. The lowest BCUT2D eigenvalue weighted by Gasteiger charge is -2.20. The van der Waals surface area contributed by atoms with Gasteiger partial charge < -0.3 is 20.4 Å². The highest BCUT2D eigenvalue weighted by Gasteiger charge is 2.19. The van der Waals surface area contributed by atoms with Crippen LogP contribution in [-0.4, -0.2) is 28.9 Å². The Morgan fingerprint density at radius 2 is 1.84 bits per heavy atom. The minimum Gasteiger partial charge on any atom is -0.443 e. The fraction of sp³-hybridized carbons (Fsp3) is 0.522. The summed E-state index contributed by atoms with van der Waals surface area (Å²) in [5.41, 5.74) is 1.24. The molecular formula is C23H36IN5O2. The number of halogens is 1. The lowest BCUT2D eigenvalue weighted by atomic mass is 9.94. The van der Waals surface area contributed by atoms with E-state index in [-0.39, 0.29) is 40.8 Å². The Hall–Kier alpha value is -2.10. The zero-order chi connectivity index (χ0) is 22.4. The summed E-state index contributed by atoms with van der Waals surface area (Å²) < 4.78 is 5.82. The monoisotopic (exact) mass is 541 g/mol. The molecule has 0 fully saturated rings. The third-order valence-electron chi connectivity index (χ3n) is 4.14. The van der Waals surface area contributed by atoms with Crippen molar-refractivity contribution in [3.8, 4) is 0 Å². The Kier molecular flexibility index (Phi) is 9.99. The maximum absolute atomic E-state index is 12.4. The predicted molar refractivity (Wildman–Crippen MR) is 136 cm³/mol. The van der Waals surface area contributed by atoms with Crippen LogP contribution in [0.5, 0.6) is 0 Å². The summed E-state index contributed by atoms with van der Waals surface area (Å²) in [5.74, 6) is 2.05. The van der Waals surface area contributed by atoms with Gasteiger partial charge in [-0.3, -0.25) is 4.79 Å². The molecule has 2 rings (SSSR count). The number of oxazole rings is 1. The van der Waals surface area contributed by atoms with Crippen LogP contribution in [0.15, 0.2) is 39.9 Å². The molecule has 0 radical (unpaired) electrons. The predicted octanol–water partition coefficient (Wildman–Crippen LogP) is 4.37. The summed E-state index contributed by atoms with van der Waals surface area (Å²) in [5, 5.41) is 9.44. The maximum atomic E-state index is 12.4. The van der Waals surface area contributed by atoms with Gasteiger partial charge in [0.1, 0.15) is 5.76 Å². The molecule has 1 heterocycles. The van der Waals surface area contributed by atoms with E-state index in [1.54, 1.807) is 6.20 Å². The fourth-order valence-electron chi connectivity index (χ4n) is 2.63. The van der Waals surface area contributed by atoms with Crippen molar-refractivity contribution in [1.29, 1.82) is 0 Å². The van der Waals surface area contributed by atoms with Gasteiger partial charge in [0.15, 0.2) is 5.96 Å². The molecule has 0 saturated carbocycles. The molecular weight excluding hydrogens is 505 g/mol. The Balaban J connectivity index is 0.00000480. The van der Waals surface area contributed by atoms with Crippen molar-refractivity contribution in [1.82, 2.24) is 20.9 Å². The van der Waals surface area contributed by atoms with Crippen LogP contribution in [0.3, 0.4) is 0 Å². The van der Waals surface area contributed by atoms with Gasteiger partial charge >= 0.3 is 0 Å². The van der Waals surface area contributed by atoms with E-state index in [4.69, 9.17) is 4.42 Å². The average molecular weight is 541 g/mol. The molecule has 7 nitrogen and oxygen atoms in total. The van der Waals surface area contributed by atoms with Crippen molar-refractivity contribution >= 4 is 35.8 Å². The number of guanidine groups is 1. The Morgan fingerprint density at radius 3 is 2.42 bits per heavy atom. The van der Waals surface area contributed by atoms with Crippen LogP contribution >= 0.6 is 24.0 Å². The number of hydrogen-bond donors (Lipinski definition) is 3. The minimum absolute atomic E-state index is 0. The van der Waals surface area contributed by atoms with Gasteiger partial charge in [0.2, 0.25) is 5.89 Å². The second kappa shape index (κ2) is 11.5. The Morgan fingerprint density at radius 1 is 1.13 bits per heavy atom. The van der Waals surface area contributed by atoms with Crippen molar-refractivity contribution in [3.63, 3.8) is 0 Å². The fourth-order valence-corrected chi connectivity index (χ4v) is 2.63. The van der Waals surface area contributed by atoms with Crippen LogP contribution in [0.2, 0.25) is 0 Å². The number of aliphatic imine (C=N–C) groups is 1. The molecule has 2 aromatic rings. The summed E-state index contributed by atoms with van der Waals surface area (Å²) >= 11 is 0. The first kappa shape index (κ1) is 26.9. The molecule has 3 N–H and O–H groups in total. The van der Waals surface area contributed by atoms with Gasteiger partial charge in [-0.25, -0.2) is 9.98 Å². The van der Waals surface area contributed by atoms with E-state index in [1.165, 1.54) is 0 Å². The summed E-state index contributed by atoms with van der Waals surface area (Å²) in [7, 11) is 0. The molecule has 172 valence electrons. The van der Waals surface area contributed by atoms with Crippen molar-refractivity contribution in [2.24, 2.45) is 4.99 Å². The molecule has 0 aliphatic rings. The van der Waals surface area contributed by atoms with E-state index in [0.717, 1.165) is 17.9 Å². The number of nitrogens with one attached hydrogen (secondary N) is 3. The van der Waals surface area contributed by atoms with Gasteiger partial charge in [0, 0.05) is 23.1 Å². The number of rotatable bonds is 6. The highest BCUT2D eigenvalue weighted by molar-refractivity contribution is 14.0. The molecule has 1 aromatic heterocycles. The van der Waals surface area contributed by atoms with Crippen LogP contribution in [0.4, 0.5) is 0 Å². The first-order valence-electron chi connectivity index (χ1n) is 10.4. The first-order chi connectivity index (χ1) is 14.0. The lowest BCUT2D eigenvalue weighted by Crippen LogP contribution is -2.40. The van der Waals surface area contributed by atoms with Crippen molar-refractivity contribution < 1.29 is 9.21 Å². The highest BCUT2D eigenvalue weighted by Crippen LogP contribution is 2.22. The van der Waals surface area contributed by atoms with Gasteiger partial charge in [0.25, 0.3) is 5.91 Å². The smallest absolute Gasteiger partial charge is 0.251 e. The van der Waals surface area contributed by atoms with Gasteiger partial charge in [-0.2, -0.15) is 0 Å². The largest absolute Gasteiger partial charge is 0.443 e. The molecule has 31 heavy (non-hydrogen) atoms. The van der Waals surface area contributed by atoms with E-state index in [1.807, 2.05) is 52.0 Å². The number of benzene rings is 1. The summed E-state index contributed by atoms with van der Waals surface area (Å²) in [4.78, 5) is 21.4. The van der Waals surface area contributed by atoms with Crippen LogP contribution in [-0.2, 0) is 18.5 Å². The van der Waals surface area contributed by atoms with Crippen molar-refractivity contribution in [2.45, 2.75) is 72.5 Å². The topological polar surface area (TPSA) is 91.5 Å². The van der Waals surface area contributed by atoms with E-state index in [0.29, 0.717) is 30.5 Å². The van der Waals surface area contributed by atoms with Gasteiger partial charge in [-0.05, 0) is 45.4 Å². The summed E-state index contributed by atoms with van der Waals surface area (Å²) in [6.07, 6.45) is 1.77. The van der Waals surface area contributed by atoms with Crippen LogP contribution in [0, 0.1) is 0 Å². The molecule has 0 bridgehead atoms. The van der Waals surface area contributed by atoms with Gasteiger partial charge in [0.05, 0.1) is 19.3 Å². The highest BCUT2D eigenvalue weighted by atomic mass is 127. The summed E-state index contributed by atoms with van der Waals surface area (Å²) in [6, 6.07) is 7.53. The Bertz CT molecular complexity index is 879. The quantitative estimate of drug-likeness (QED) is 0.287. The third-order valence-corrected chi connectivity index (χ3v) is 4.14. The molecule has 8 heteroatoms. The third kappa shape index (κ3) is 9.28. The molecule has 0 aliphatic heterocycles. The molecule has 1 aromatic carbocycles. The van der Waals surface area contributed by atoms with Gasteiger partial charge in [-0.15, -0.1) is 24.0 Å². The number of carbonyl (C=O) groups excluding carboxylic acids is 1. The lowest BCUT2D eigenvalue weighted by molar-refractivity contribution is 0.0919. The van der Waals surface area contributed by atoms with Crippen LogP contribution < -0.4 is 16.0 Å². The summed E-state index contributed by atoms with van der Waals surface area (Å²) in [6.45, 7) is 15.8. The van der Waals surface area contributed by atoms with Gasteiger partial charge in [-0.1, -0.05) is 32.9 Å². The van der Waals surface area contributed by atoms with Crippen molar-refractivity contribution in [3.05, 3.63) is 53.2 Å². The van der Waals surface area contributed by atoms with E-state index in [9.17, 15) is 4.79 Å². The first-order valence-corrected chi connectivity index (χ1v) is 10.4. The molecule has 0 atom stereocenters. The second-order valence-electron chi connectivity index (χ2n) is 9.32. The molecule has 0 spiro atoms. The Labute approximate surface area is 202 Å². The second-order valence-corrected chi connectivity index (χ2v) is 9.32. The SMILES string of the molecule is CCNC(=NCc1cccc(C(=O)NC(C)(C)C)c1)NCc1ncc(C(C)(C)C)o1.I. The standard InChI is InChI=1S/C23H35N5O2.HI/c1-8-24-21(27-15-19-25-14-18(30-19)22(2,3)4)26-13-16-10-9-11-17(12-16)20(29)28-23(5,6)7;/h9-12,14H,8,13,15H2,1-7H3,(H,28,29)(H2,24,26,27);1H. The number of amides is 1. The van der Waals surface area contributed by atoms with E-state index in [2.05, 4.69) is 46.7 Å². The zero-order valence-electron chi connectivity index (χ0n) is 19.6. The maximum Gasteiger partial charge on any atom is 0.251 e. The zero-order valence-corrected chi connectivity index (χ0v) is 22.0. The number of nitrogens with zero attached hydrogens (tertiary/aromatic N) is 2. The normalized spacial score (nSPS) is 12.2. The van der Waals surface area contributed by atoms with Crippen molar-refractivity contribution in [2.75, 3.05) is 6.54 Å². The minimum atomic E-state index is -0.278. The van der Waals surface area contributed by atoms with Crippen LogP contribution in [0.1, 0.15) is 76.0 Å². The number of aromatic nitrogens is 1.